The molecule has 0 radical (unpaired) electrons. The van der Waals surface area contributed by atoms with Gasteiger partial charge in [-0.05, 0) is 57.3 Å². The summed E-state index contributed by atoms with van der Waals surface area (Å²) < 4.78 is 1.81. The van der Waals surface area contributed by atoms with Crippen LogP contribution in [0.15, 0.2) is 12.1 Å². The summed E-state index contributed by atoms with van der Waals surface area (Å²) in [6.45, 7) is 0. The minimum Gasteiger partial charge on any atom is -0.397 e. The smallest absolute Gasteiger partial charge is 0.250 e. The second kappa shape index (κ2) is 3.77. The summed E-state index contributed by atoms with van der Waals surface area (Å²) in [5.74, 6) is -0.482. The lowest BCUT2D eigenvalue weighted by molar-refractivity contribution is 0.100. The van der Waals surface area contributed by atoms with Crippen molar-refractivity contribution in [2.24, 2.45) is 5.73 Å². The first-order valence-corrected chi connectivity index (χ1v) is 5.22. The number of hydrogen-bond acceptors (Lipinski definition) is 2. The number of hydrogen-bond donors (Lipinski definition) is 2. The summed E-state index contributed by atoms with van der Waals surface area (Å²) in [6.07, 6.45) is 0. The van der Waals surface area contributed by atoms with E-state index in [1.165, 1.54) is 0 Å². The highest BCUT2D eigenvalue weighted by atomic mass is 127. The first kappa shape index (κ1) is 10.0. The quantitative estimate of drug-likeness (QED) is 0.567. The zero-order valence-corrected chi connectivity index (χ0v) is 10.3. The molecule has 0 aliphatic carbocycles. The summed E-state index contributed by atoms with van der Waals surface area (Å²) >= 11 is 4.18. The second-order valence-electron chi connectivity index (χ2n) is 2.21. The lowest BCUT2D eigenvalue weighted by Crippen LogP contribution is -2.14. The van der Waals surface area contributed by atoms with Crippen LogP contribution in [0.1, 0.15) is 10.4 Å². The van der Waals surface area contributed by atoms with Crippen molar-refractivity contribution in [3.8, 4) is 0 Å². The molecule has 0 saturated heterocycles. The topological polar surface area (TPSA) is 69.1 Å². The number of carbonyl (C=O) groups excluding carboxylic acids is 1. The van der Waals surface area contributed by atoms with E-state index in [1.54, 1.807) is 6.07 Å². The van der Waals surface area contributed by atoms with Crippen molar-refractivity contribution in [2.75, 3.05) is 5.73 Å². The van der Waals surface area contributed by atoms with Crippen LogP contribution in [0.5, 0.6) is 0 Å². The molecule has 1 amide bonds. The number of amides is 1. The molecule has 0 saturated carbocycles. The molecule has 64 valence electrons. The molecule has 0 bridgehead atoms. The van der Waals surface area contributed by atoms with Gasteiger partial charge in [0.1, 0.15) is 0 Å². The molecule has 0 spiro atoms. The van der Waals surface area contributed by atoms with Gasteiger partial charge in [0.2, 0.25) is 0 Å². The van der Waals surface area contributed by atoms with E-state index in [2.05, 4.69) is 45.2 Å². The zero-order valence-electron chi connectivity index (χ0n) is 5.97. The van der Waals surface area contributed by atoms with Crippen molar-refractivity contribution in [2.45, 2.75) is 0 Å². The molecular formula is C7H6I2N2O. The van der Waals surface area contributed by atoms with E-state index in [4.69, 9.17) is 11.5 Å². The average molecular weight is 388 g/mol. The highest BCUT2D eigenvalue weighted by molar-refractivity contribution is 14.1. The third-order valence-electron chi connectivity index (χ3n) is 1.36. The van der Waals surface area contributed by atoms with Gasteiger partial charge >= 0.3 is 0 Å². The van der Waals surface area contributed by atoms with Crippen LogP contribution in [0.3, 0.4) is 0 Å². The van der Waals surface area contributed by atoms with Crippen LogP contribution in [0.2, 0.25) is 0 Å². The first-order chi connectivity index (χ1) is 5.52. The average Bonchev–Trinajstić information content (AvgIpc) is 1.96. The van der Waals surface area contributed by atoms with Gasteiger partial charge in [-0.25, -0.2) is 0 Å². The molecule has 3 nitrogen and oxygen atoms in total. The number of primary amides is 1. The Hall–Kier alpha value is -0.0500. The van der Waals surface area contributed by atoms with Crippen LogP contribution in [-0.2, 0) is 0 Å². The van der Waals surface area contributed by atoms with E-state index < -0.39 is 5.91 Å². The van der Waals surface area contributed by atoms with Crippen LogP contribution in [0, 0.1) is 7.14 Å². The molecule has 5 heteroatoms. The Bertz CT molecular complexity index is 338. The summed E-state index contributed by atoms with van der Waals surface area (Å²) in [4.78, 5) is 10.9. The fourth-order valence-electron chi connectivity index (χ4n) is 0.789. The molecular weight excluding hydrogens is 382 g/mol. The van der Waals surface area contributed by atoms with Crippen LogP contribution >= 0.6 is 45.2 Å². The Kier molecular flexibility index (Phi) is 3.16. The van der Waals surface area contributed by atoms with Gasteiger partial charge in [0.25, 0.3) is 5.91 Å². The third kappa shape index (κ3) is 2.00. The molecule has 4 N–H and O–H groups in total. The molecule has 0 aliphatic heterocycles. The monoisotopic (exact) mass is 388 g/mol. The fourth-order valence-corrected chi connectivity index (χ4v) is 2.63. The second-order valence-corrected chi connectivity index (χ2v) is 4.62. The molecule has 0 atom stereocenters. The normalized spacial score (nSPS) is 9.83. The lowest BCUT2D eigenvalue weighted by atomic mass is 10.2. The lowest BCUT2D eigenvalue weighted by Gasteiger charge is -2.04. The Morgan fingerprint density at radius 2 is 1.92 bits per heavy atom. The Morgan fingerprint density at radius 3 is 2.42 bits per heavy atom. The highest BCUT2D eigenvalue weighted by Crippen LogP contribution is 2.22. The van der Waals surface area contributed by atoms with Gasteiger partial charge in [-0.1, -0.05) is 0 Å². The number of carbonyl (C=O) groups is 1. The number of nitrogen functional groups attached to an aromatic ring is 1. The molecule has 0 unspecified atom stereocenters. The maximum absolute atomic E-state index is 10.9. The number of halogens is 2. The van der Waals surface area contributed by atoms with Crippen LogP contribution < -0.4 is 11.5 Å². The highest BCUT2D eigenvalue weighted by Gasteiger charge is 2.09. The van der Waals surface area contributed by atoms with Gasteiger partial charge in [0, 0.05) is 7.14 Å². The molecule has 0 aliphatic rings. The summed E-state index contributed by atoms with van der Waals surface area (Å²) in [5, 5.41) is 0. The van der Waals surface area contributed by atoms with Gasteiger partial charge in [-0.3, -0.25) is 4.79 Å². The van der Waals surface area contributed by atoms with E-state index >= 15 is 0 Å². The van der Waals surface area contributed by atoms with E-state index in [9.17, 15) is 4.79 Å². The first-order valence-electron chi connectivity index (χ1n) is 3.06. The van der Waals surface area contributed by atoms with Gasteiger partial charge in [0.05, 0.1) is 11.3 Å². The van der Waals surface area contributed by atoms with E-state index in [-0.39, 0.29) is 0 Å². The molecule has 12 heavy (non-hydrogen) atoms. The Morgan fingerprint density at radius 1 is 1.33 bits per heavy atom. The number of nitrogens with two attached hydrogens (primary N) is 2. The third-order valence-corrected chi connectivity index (χ3v) is 2.88. The van der Waals surface area contributed by atoms with Gasteiger partial charge in [-0.2, -0.15) is 0 Å². The molecule has 1 aromatic carbocycles. The minimum absolute atomic E-state index is 0.395. The number of benzene rings is 1. The maximum Gasteiger partial charge on any atom is 0.250 e. The predicted molar refractivity (Wildman–Crippen MR) is 64.8 cm³/mol. The van der Waals surface area contributed by atoms with Crippen LogP contribution in [-0.4, -0.2) is 5.91 Å². The van der Waals surface area contributed by atoms with Crippen molar-refractivity contribution in [1.82, 2.24) is 0 Å². The van der Waals surface area contributed by atoms with Crippen LogP contribution in [0.4, 0.5) is 5.69 Å². The van der Waals surface area contributed by atoms with Crippen molar-refractivity contribution in [3.63, 3.8) is 0 Å². The van der Waals surface area contributed by atoms with Crippen molar-refractivity contribution in [1.29, 1.82) is 0 Å². The molecule has 0 aromatic heterocycles. The summed E-state index contributed by atoms with van der Waals surface area (Å²) in [6, 6.07) is 3.57. The Balaban J connectivity index is 3.37. The molecule has 0 heterocycles. The van der Waals surface area contributed by atoms with E-state index in [1.807, 2.05) is 6.07 Å². The Labute approximate surface area is 97.2 Å². The molecule has 1 aromatic rings. The number of anilines is 1. The summed E-state index contributed by atoms with van der Waals surface area (Å²) in [5.41, 5.74) is 11.6. The number of rotatable bonds is 1. The predicted octanol–water partition coefficient (Wildman–Crippen LogP) is 1.58. The maximum atomic E-state index is 10.9. The van der Waals surface area contributed by atoms with Crippen molar-refractivity contribution in [3.05, 3.63) is 24.8 Å². The summed E-state index contributed by atoms with van der Waals surface area (Å²) in [7, 11) is 0. The largest absolute Gasteiger partial charge is 0.397 e. The molecule has 1 rings (SSSR count). The fraction of sp³-hybridized carbons (Fsp3) is 0. The molecule has 0 fully saturated rings. The van der Waals surface area contributed by atoms with Gasteiger partial charge in [0.15, 0.2) is 0 Å². The SMILES string of the molecule is NC(=O)c1cc(I)cc(I)c1N. The standard InChI is InChI=1S/C7H6I2N2O/c8-3-1-4(7(11)12)6(10)5(9)2-3/h1-2H,10H2,(H2,11,12). The van der Waals surface area contributed by atoms with Crippen LogP contribution in [0.25, 0.3) is 0 Å². The van der Waals surface area contributed by atoms with Gasteiger partial charge < -0.3 is 11.5 Å². The zero-order chi connectivity index (χ0) is 9.30. The van der Waals surface area contributed by atoms with E-state index in [0.29, 0.717) is 11.3 Å². The minimum atomic E-state index is -0.482. The van der Waals surface area contributed by atoms with Crippen molar-refractivity contribution >= 4 is 56.8 Å². The van der Waals surface area contributed by atoms with E-state index in [0.717, 1.165) is 7.14 Å². The van der Waals surface area contributed by atoms with Gasteiger partial charge in [-0.15, -0.1) is 0 Å². The van der Waals surface area contributed by atoms with Crippen molar-refractivity contribution < 1.29 is 4.79 Å².